The van der Waals surface area contributed by atoms with Gasteiger partial charge in [-0.05, 0) is 25.1 Å². The Kier molecular flexibility index (Phi) is 6.62. The quantitative estimate of drug-likeness (QED) is 0.317. The normalized spacial score (nSPS) is 12.4. The third-order valence-corrected chi connectivity index (χ3v) is 4.27. The highest BCUT2D eigenvalue weighted by Crippen LogP contribution is 2.27. The number of benzene rings is 2. The van der Waals surface area contributed by atoms with Crippen LogP contribution in [-0.2, 0) is 0 Å². The third kappa shape index (κ3) is 4.56. The highest BCUT2D eigenvalue weighted by atomic mass is 35.5. The van der Waals surface area contributed by atoms with Crippen LogP contribution in [-0.4, -0.2) is 17.1 Å². The van der Waals surface area contributed by atoms with Gasteiger partial charge in [0, 0.05) is 0 Å². The van der Waals surface area contributed by atoms with E-state index >= 15 is 0 Å². The lowest BCUT2D eigenvalue weighted by Crippen LogP contribution is -2.49. The number of nitriles is 2. The van der Waals surface area contributed by atoms with Gasteiger partial charge >= 0.3 is 0 Å². The zero-order valence-electron chi connectivity index (χ0n) is 14.4. The molecule has 0 fully saturated rings. The number of nitrogens with zero attached hydrogens (tertiary/aromatic N) is 2. The van der Waals surface area contributed by atoms with E-state index in [1.807, 2.05) is 6.07 Å². The van der Waals surface area contributed by atoms with Gasteiger partial charge < -0.3 is 10.1 Å². The molecule has 4 nitrogen and oxygen atoms in total. The second-order valence-corrected chi connectivity index (χ2v) is 6.70. The SMILES string of the molecule is C[C@](C#N)(COc1cc(C#N)ccc1Cl)NC(=S)c1c(F)c(F)c(F)c(F)c1F. The molecule has 0 bridgehead atoms. The predicted molar refractivity (Wildman–Crippen MR) is 96.7 cm³/mol. The first-order valence-electron chi connectivity index (χ1n) is 7.62. The van der Waals surface area contributed by atoms with Crippen LogP contribution in [0.15, 0.2) is 18.2 Å². The average Bonchev–Trinajstić information content (AvgIpc) is 2.70. The zero-order chi connectivity index (χ0) is 21.9. The number of thiocarbonyl (C=S) groups is 1. The summed E-state index contributed by atoms with van der Waals surface area (Å²) in [6.45, 7) is 0.723. The highest BCUT2D eigenvalue weighted by molar-refractivity contribution is 7.80. The molecule has 150 valence electrons. The van der Waals surface area contributed by atoms with Crippen molar-refractivity contribution < 1.29 is 26.7 Å². The number of halogens is 6. The molecule has 0 aromatic heterocycles. The van der Waals surface area contributed by atoms with Crippen LogP contribution in [0.25, 0.3) is 0 Å². The van der Waals surface area contributed by atoms with E-state index in [0.29, 0.717) is 0 Å². The minimum Gasteiger partial charge on any atom is -0.488 e. The van der Waals surface area contributed by atoms with Gasteiger partial charge in [-0.2, -0.15) is 10.5 Å². The van der Waals surface area contributed by atoms with Crippen molar-refractivity contribution in [1.82, 2.24) is 5.32 Å². The van der Waals surface area contributed by atoms with Crippen molar-refractivity contribution in [1.29, 1.82) is 10.5 Å². The second-order valence-electron chi connectivity index (χ2n) is 5.89. The van der Waals surface area contributed by atoms with Crippen LogP contribution in [0, 0.1) is 51.7 Å². The van der Waals surface area contributed by atoms with Crippen molar-refractivity contribution in [2.75, 3.05) is 6.61 Å². The van der Waals surface area contributed by atoms with E-state index in [-0.39, 0.29) is 16.3 Å². The smallest absolute Gasteiger partial charge is 0.200 e. The first kappa shape index (κ1) is 22.3. The average molecular weight is 446 g/mol. The summed E-state index contributed by atoms with van der Waals surface area (Å²) in [7, 11) is 0. The number of ether oxygens (including phenoxy) is 1. The monoisotopic (exact) mass is 445 g/mol. The maximum absolute atomic E-state index is 13.9. The number of hydrogen-bond donors (Lipinski definition) is 1. The predicted octanol–water partition coefficient (Wildman–Crippen LogP) is 4.53. The molecule has 0 aliphatic heterocycles. The van der Waals surface area contributed by atoms with Crippen LogP contribution < -0.4 is 10.1 Å². The Bertz CT molecular complexity index is 1050. The van der Waals surface area contributed by atoms with E-state index in [0.717, 1.165) is 0 Å². The summed E-state index contributed by atoms with van der Waals surface area (Å²) in [4.78, 5) is -0.887. The van der Waals surface area contributed by atoms with E-state index in [9.17, 15) is 27.2 Å². The molecular weight excluding hydrogens is 437 g/mol. The maximum Gasteiger partial charge on any atom is 0.200 e. The van der Waals surface area contributed by atoms with Gasteiger partial charge in [-0.15, -0.1) is 0 Å². The molecule has 0 aliphatic carbocycles. The first-order chi connectivity index (χ1) is 13.5. The van der Waals surface area contributed by atoms with Crippen LogP contribution in [0.3, 0.4) is 0 Å². The van der Waals surface area contributed by atoms with Crippen molar-refractivity contribution in [3.8, 4) is 17.9 Å². The molecule has 1 atom stereocenters. The van der Waals surface area contributed by atoms with Gasteiger partial charge in [0.05, 0.1) is 28.3 Å². The lowest BCUT2D eigenvalue weighted by molar-refractivity contribution is 0.251. The van der Waals surface area contributed by atoms with Crippen molar-refractivity contribution in [3.05, 3.63) is 63.4 Å². The minimum atomic E-state index is -2.33. The fourth-order valence-corrected chi connectivity index (χ4v) is 2.70. The Morgan fingerprint density at radius 2 is 1.66 bits per heavy atom. The van der Waals surface area contributed by atoms with E-state index in [4.69, 9.17) is 33.8 Å². The summed E-state index contributed by atoms with van der Waals surface area (Å²) in [5, 5.41) is 20.6. The fourth-order valence-electron chi connectivity index (χ4n) is 2.12. The first-order valence-corrected chi connectivity index (χ1v) is 8.41. The number of rotatable bonds is 5. The molecule has 2 aromatic carbocycles. The summed E-state index contributed by atoms with van der Waals surface area (Å²) in [6, 6.07) is 7.70. The Morgan fingerprint density at radius 1 is 1.10 bits per heavy atom. The van der Waals surface area contributed by atoms with E-state index in [2.05, 4.69) is 5.32 Å². The van der Waals surface area contributed by atoms with Gasteiger partial charge in [0.2, 0.25) is 5.82 Å². The molecule has 0 saturated carbocycles. The summed E-state index contributed by atoms with van der Waals surface area (Å²) in [5.74, 6) is -10.9. The molecule has 2 rings (SSSR count). The van der Waals surface area contributed by atoms with Gasteiger partial charge in [-0.1, -0.05) is 23.8 Å². The molecule has 29 heavy (non-hydrogen) atoms. The molecule has 0 heterocycles. The van der Waals surface area contributed by atoms with Crippen molar-refractivity contribution in [2.24, 2.45) is 0 Å². The Balaban J connectivity index is 2.29. The molecule has 0 aliphatic rings. The Morgan fingerprint density at radius 3 is 2.17 bits per heavy atom. The fraction of sp³-hybridized carbons (Fsp3) is 0.167. The molecular formula is C18H9ClF5N3OS. The lowest BCUT2D eigenvalue weighted by atomic mass is 10.0. The van der Waals surface area contributed by atoms with Crippen LogP contribution >= 0.6 is 23.8 Å². The van der Waals surface area contributed by atoms with Gasteiger partial charge in [0.1, 0.15) is 17.3 Å². The second kappa shape index (κ2) is 8.60. The van der Waals surface area contributed by atoms with Crippen LogP contribution in [0.4, 0.5) is 22.0 Å². The Hall–Kier alpha value is -2.95. The van der Waals surface area contributed by atoms with E-state index in [1.54, 1.807) is 6.07 Å². The maximum atomic E-state index is 13.9. The van der Waals surface area contributed by atoms with Gasteiger partial charge in [0.15, 0.2) is 28.8 Å². The Labute approximate surface area is 172 Å². The van der Waals surface area contributed by atoms with Gasteiger partial charge in [-0.3, -0.25) is 0 Å². The van der Waals surface area contributed by atoms with E-state index < -0.39 is 51.8 Å². The van der Waals surface area contributed by atoms with Crippen LogP contribution in [0.5, 0.6) is 5.75 Å². The summed E-state index contributed by atoms with van der Waals surface area (Å²) in [5.41, 5.74) is -2.90. The highest BCUT2D eigenvalue weighted by Gasteiger charge is 2.32. The molecule has 0 spiro atoms. The molecule has 1 N–H and O–H groups in total. The topological polar surface area (TPSA) is 68.8 Å². The van der Waals surface area contributed by atoms with Crippen molar-refractivity contribution >= 4 is 28.8 Å². The van der Waals surface area contributed by atoms with Crippen molar-refractivity contribution in [3.63, 3.8) is 0 Å². The van der Waals surface area contributed by atoms with Crippen molar-refractivity contribution in [2.45, 2.75) is 12.5 Å². The van der Waals surface area contributed by atoms with Gasteiger partial charge in [0.25, 0.3) is 0 Å². The summed E-state index contributed by atoms with van der Waals surface area (Å²) in [6.07, 6.45) is 0. The third-order valence-electron chi connectivity index (χ3n) is 3.65. The molecule has 0 saturated heterocycles. The van der Waals surface area contributed by atoms with Gasteiger partial charge in [-0.25, -0.2) is 22.0 Å². The zero-order valence-corrected chi connectivity index (χ0v) is 16.0. The molecule has 2 aromatic rings. The largest absolute Gasteiger partial charge is 0.488 e. The lowest BCUT2D eigenvalue weighted by Gasteiger charge is -2.25. The molecule has 11 heteroatoms. The number of nitrogens with one attached hydrogen (secondary N) is 1. The van der Waals surface area contributed by atoms with E-state index in [1.165, 1.54) is 25.1 Å². The minimum absolute atomic E-state index is 0.0381. The molecule has 0 unspecified atom stereocenters. The summed E-state index contributed by atoms with van der Waals surface area (Å²) >= 11 is 10.7. The standard InChI is InChI=1S/C18H9ClF5N3OS/c1-18(6-26,7-28-10-4-8(5-25)2-3-9(10)19)27-17(29)11-12(20)14(22)16(24)15(23)13(11)21/h2-4H,7H2,1H3,(H,27,29)/t18-/m0/s1. The molecule has 0 amide bonds. The molecule has 0 radical (unpaired) electrons. The van der Waals surface area contributed by atoms with Crippen LogP contribution in [0.2, 0.25) is 5.02 Å². The number of hydrogen-bond acceptors (Lipinski definition) is 4. The summed E-state index contributed by atoms with van der Waals surface area (Å²) < 4.78 is 73.1. The van der Waals surface area contributed by atoms with Crippen LogP contribution in [0.1, 0.15) is 18.1 Å².